The predicted molar refractivity (Wildman–Crippen MR) is 114 cm³/mol. The monoisotopic (exact) mass is 374 g/mol. The molecular weight excluding hydrogens is 336 g/mol. The van der Waals surface area contributed by atoms with Crippen LogP contribution >= 0.6 is 0 Å². The molecule has 0 aliphatic rings. The van der Waals surface area contributed by atoms with Crippen molar-refractivity contribution in [2.75, 3.05) is 0 Å². The number of hydrogen-bond donors (Lipinski definition) is 0. The van der Waals surface area contributed by atoms with Crippen molar-refractivity contribution in [3.05, 3.63) is 48.6 Å². The summed E-state index contributed by atoms with van der Waals surface area (Å²) in [5.41, 5.74) is 0. The summed E-state index contributed by atoms with van der Waals surface area (Å²) in [6.07, 6.45) is 28.3. The lowest BCUT2D eigenvalue weighted by Crippen LogP contribution is -2.09. The Morgan fingerprint density at radius 2 is 1.41 bits per heavy atom. The molecule has 0 aliphatic heterocycles. The molecule has 0 N–H and O–H groups in total. The molecule has 152 valence electrons. The summed E-state index contributed by atoms with van der Waals surface area (Å²) in [7, 11) is 0. The van der Waals surface area contributed by atoms with Gasteiger partial charge in [-0.3, -0.25) is 4.79 Å². The van der Waals surface area contributed by atoms with E-state index < -0.39 is 11.9 Å². The van der Waals surface area contributed by atoms with Crippen LogP contribution in [0.15, 0.2) is 48.6 Å². The summed E-state index contributed by atoms with van der Waals surface area (Å²) in [4.78, 5) is 22.8. The maximum atomic E-state index is 11.5. The summed E-state index contributed by atoms with van der Waals surface area (Å²) < 4.78 is 4.70. The van der Waals surface area contributed by atoms with Gasteiger partial charge in [-0.25, -0.2) is 4.79 Å². The highest BCUT2D eigenvalue weighted by atomic mass is 16.6. The zero-order chi connectivity index (χ0) is 20.0. The van der Waals surface area contributed by atoms with Gasteiger partial charge in [0.1, 0.15) is 0 Å². The molecule has 0 saturated heterocycles. The van der Waals surface area contributed by atoms with Crippen molar-refractivity contribution in [2.45, 2.75) is 90.9 Å². The first-order valence-electron chi connectivity index (χ1n) is 10.5. The Morgan fingerprint density at radius 3 is 2.07 bits per heavy atom. The molecule has 3 heteroatoms. The second-order valence-electron chi connectivity index (χ2n) is 6.66. The zero-order valence-corrected chi connectivity index (χ0v) is 17.3. The second kappa shape index (κ2) is 20.4. The van der Waals surface area contributed by atoms with Crippen LogP contribution in [0.1, 0.15) is 90.9 Å². The van der Waals surface area contributed by atoms with Crippen molar-refractivity contribution in [3.8, 4) is 0 Å². The van der Waals surface area contributed by atoms with Crippen molar-refractivity contribution >= 4 is 11.9 Å². The van der Waals surface area contributed by atoms with Crippen LogP contribution in [0.3, 0.4) is 0 Å². The molecule has 27 heavy (non-hydrogen) atoms. The van der Waals surface area contributed by atoms with E-state index in [9.17, 15) is 9.59 Å². The van der Waals surface area contributed by atoms with Crippen LogP contribution < -0.4 is 0 Å². The van der Waals surface area contributed by atoms with Gasteiger partial charge in [-0.2, -0.15) is 0 Å². The SMILES string of the molecule is C/C=C/C=C/C(=O)OC(=O)CCCCCCC/C=C\C/C=C\CCCCC. The minimum atomic E-state index is -0.597. The fraction of sp³-hybridized carbons (Fsp3) is 0.583. The number of carbonyl (C=O) groups is 2. The minimum Gasteiger partial charge on any atom is -0.390 e. The molecule has 0 unspecified atom stereocenters. The van der Waals surface area contributed by atoms with Gasteiger partial charge in [0.25, 0.3) is 0 Å². The van der Waals surface area contributed by atoms with Crippen LogP contribution in [0.4, 0.5) is 0 Å². The van der Waals surface area contributed by atoms with E-state index in [1.54, 1.807) is 18.2 Å². The predicted octanol–water partition coefficient (Wildman–Crippen LogP) is 7.00. The molecule has 0 aromatic rings. The summed E-state index contributed by atoms with van der Waals surface area (Å²) in [5, 5.41) is 0. The summed E-state index contributed by atoms with van der Waals surface area (Å²) in [6, 6.07) is 0. The maximum Gasteiger partial charge on any atom is 0.338 e. The fourth-order valence-corrected chi connectivity index (χ4v) is 2.52. The molecule has 0 atom stereocenters. The number of esters is 2. The van der Waals surface area contributed by atoms with E-state index in [0.717, 1.165) is 32.1 Å². The third-order valence-electron chi connectivity index (χ3n) is 4.08. The van der Waals surface area contributed by atoms with Crippen LogP contribution in [0.5, 0.6) is 0 Å². The van der Waals surface area contributed by atoms with Gasteiger partial charge in [-0.1, -0.05) is 81.6 Å². The molecule has 0 aromatic heterocycles. The molecule has 0 saturated carbocycles. The van der Waals surface area contributed by atoms with Crippen molar-refractivity contribution < 1.29 is 14.3 Å². The van der Waals surface area contributed by atoms with Crippen molar-refractivity contribution in [3.63, 3.8) is 0 Å². The topological polar surface area (TPSA) is 43.4 Å². The van der Waals surface area contributed by atoms with Gasteiger partial charge >= 0.3 is 11.9 Å². The molecule has 0 aromatic carbocycles. The molecule has 0 rings (SSSR count). The van der Waals surface area contributed by atoms with Crippen LogP contribution in [-0.4, -0.2) is 11.9 Å². The number of allylic oxidation sites excluding steroid dienone is 7. The van der Waals surface area contributed by atoms with E-state index in [4.69, 9.17) is 4.74 Å². The molecule has 0 aliphatic carbocycles. The van der Waals surface area contributed by atoms with E-state index in [1.807, 2.05) is 6.92 Å². The van der Waals surface area contributed by atoms with Gasteiger partial charge in [0.05, 0.1) is 0 Å². The number of rotatable bonds is 16. The van der Waals surface area contributed by atoms with Crippen molar-refractivity contribution in [2.24, 2.45) is 0 Å². The Morgan fingerprint density at radius 1 is 0.778 bits per heavy atom. The van der Waals surface area contributed by atoms with Crippen LogP contribution in [0.25, 0.3) is 0 Å². The molecule has 0 heterocycles. The van der Waals surface area contributed by atoms with E-state index in [1.165, 1.54) is 44.6 Å². The highest BCUT2D eigenvalue weighted by Crippen LogP contribution is 2.09. The fourth-order valence-electron chi connectivity index (χ4n) is 2.52. The van der Waals surface area contributed by atoms with E-state index >= 15 is 0 Å². The number of ether oxygens (including phenoxy) is 1. The van der Waals surface area contributed by atoms with Crippen LogP contribution in [-0.2, 0) is 14.3 Å². The van der Waals surface area contributed by atoms with Gasteiger partial charge in [0.2, 0.25) is 0 Å². The zero-order valence-electron chi connectivity index (χ0n) is 17.3. The normalized spacial score (nSPS) is 12.1. The van der Waals surface area contributed by atoms with Crippen LogP contribution in [0, 0.1) is 0 Å². The van der Waals surface area contributed by atoms with E-state index in [2.05, 4.69) is 31.2 Å². The summed E-state index contributed by atoms with van der Waals surface area (Å²) >= 11 is 0. The highest BCUT2D eigenvalue weighted by Gasteiger charge is 2.06. The molecule has 0 fully saturated rings. The molecule has 3 nitrogen and oxygen atoms in total. The van der Waals surface area contributed by atoms with Gasteiger partial charge in [0, 0.05) is 12.5 Å². The Bertz CT molecular complexity index is 484. The first-order valence-corrected chi connectivity index (χ1v) is 10.5. The number of unbranched alkanes of at least 4 members (excludes halogenated alkanes) is 8. The lowest BCUT2D eigenvalue weighted by atomic mass is 10.1. The molecule has 0 amide bonds. The van der Waals surface area contributed by atoms with Crippen molar-refractivity contribution in [1.82, 2.24) is 0 Å². The Labute approximate surface area is 166 Å². The van der Waals surface area contributed by atoms with Gasteiger partial charge in [0.15, 0.2) is 0 Å². The number of hydrogen-bond acceptors (Lipinski definition) is 3. The van der Waals surface area contributed by atoms with Crippen LogP contribution in [0.2, 0.25) is 0 Å². The molecule has 0 spiro atoms. The van der Waals surface area contributed by atoms with Gasteiger partial charge in [-0.05, 0) is 45.4 Å². The lowest BCUT2D eigenvalue weighted by Gasteiger charge is -2.01. The summed E-state index contributed by atoms with van der Waals surface area (Å²) in [5.74, 6) is -1.03. The Hall–Kier alpha value is -1.90. The average molecular weight is 375 g/mol. The Kier molecular flexibility index (Phi) is 19.0. The first-order chi connectivity index (χ1) is 13.2. The average Bonchev–Trinajstić information content (AvgIpc) is 2.65. The van der Waals surface area contributed by atoms with Crippen molar-refractivity contribution in [1.29, 1.82) is 0 Å². The lowest BCUT2D eigenvalue weighted by molar-refractivity contribution is -0.156. The minimum absolute atomic E-state index is 0.313. The van der Waals surface area contributed by atoms with Gasteiger partial charge < -0.3 is 4.74 Å². The maximum absolute atomic E-state index is 11.5. The molecular formula is C24H38O3. The van der Waals surface area contributed by atoms with E-state index in [0.29, 0.717) is 6.42 Å². The van der Waals surface area contributed by atoms with Gasteiger partial charge in [-0.15, -0.1) is 0 Å². The highest BCUT2D eigenvalue weighted by molar-refractivity contribution is 5.92. The standard InChI is InChI=1S/C24H38O3/c1-3-5-7-8-9-10-11-12-13-14-15-16-17-18-20-22-24(26)27-23(25)21-19-6-4-2/h4,6,9-10,12-13,19,21H,3,5,7-8,11,14-18,20,22H2,1-2H3/b6-4+,10-9-,13-12-,21-19+. The third-order valence-corrected chi connectivity index (χ3v) is 4.08. The quantitative estimate of drug-likeness (QED) is 0.0729. The smallest absolute Gasteiger partial charge is 0.338 e. The Balaban J connectivity index is 3.45. The molecule has 0 bridgehead atoms. The molecule has 0 radical (unpaired) electrons. The second-order valence-corrected chi connectivity index (χ2v) is 6.66. The number of carbonyl (C=O) groups excluding carboxylic acids is 2. The third kappa shape index (κ3) is 20.3. The largest absolute Gasteiger partial charge is 0.390 e. The summed E-state index contributed by atoms with van der Waals surface area (Å²) in [6.45, 7) is 4.08. The first kappa shape index (κ1) is 25.1. The van der Waals surface area contributed by atoms with E-state index in [-0.39, 0.29) is 0 Å².